The lowest BCUT2D eigenvalue weighted by atomic mass is 9.71. The molecule has 54 heavy (non-hydrogen) atoms. The van der Waals surface area contributed by atoms with Gasteiger partial charge in [0.25, 0.3) is 0 Å². The summed E-state index contributed by atoms with van der Waals surface area (Å²) in [6.45, 7) is 15.7. The van der Waals surface area contributed by atoms with Crippen LogP contribution in [-0.2, 0) is 12.0 Å². The predicted molar refractivity (Wildman–Crippen MR) is 217 cm³/mol. The molecule has 5 heterocycles. The molecule has 4 saturated heterocycles. The lowest BCUT2D eigenvalue weighted by Gasteiger charge is -2.49. The second kappa shape index (κ2) is 17.8. The molecule has 4 aliphatic rings. The van der Waals surface area contributed by atoms with Gasteiger partial charge in [0, 0.05) is 37.3 Å². The van der Waals surface area contributed by atoms with Crippen molar-refractivity contribution < 1.29 is 9.47 Å². The van der Waals surface area contributed by atoms with E-state index in [1.54, 1.807) is 0 Å². The molecule has 2 aromatic carbocycles. The molecule has 0 amide bonds. The van der Waals surface area contributed by atoms with Gasteiger partial charge in [0.05, 0.1) is 22.2 Å². The van der Waals surface area contributed by atoms with Gasteiger partial charge in [0.2, 0.25) is 5.95 Å². The van der Waals surface area contributed by atoms with Crippen LogP contribution in [0.3, 0.4) is 0 Å². The van der Waals surface area contributed by atoms with E-state index in [-0.39, 0.29) is 6.61 Å². The molecular formula is C43H57Cl2N7O2. The summed E-state index contributed by atoms with van der Waals surface area (Å²) >= 11 is 12.3. The van der Waals surface area contributed by atoms with E-state index in [0.29, 0.717) is 34.2 Å². The van der Waals surface area contributed by atoms with Crippen molar-refractivity contribution in [2.45, 2.75) is 83.3 Å². The van der Waals surface area contributed by atoms with Crippen LogP contribution in [0.25, 0.3) is 0 Å². The Hall–Kier alpha value is -3.13. The standard InChI is InChI=1S/C43H57Cl2N7O2/c1-42(2,35-27-33(29-46)40(39(45)28-35)53-26-16-44)34-3-5-38(6-4-34)54-31-36-9-19-48-41(49-36)52-24-14-43(15-25-52)12-22-51(23-13-43)37-10-20-50(21-11-37)30-32-7-17-47-18-8-32/h3-6,9,19,27-28,32,37,47H,7-8,10-18,20-26,30-31H2,1-2H3. The number of alkyl halides is 1. The molecule has 290 valence electrons. The van der Waals surface area contributed by atoms with Gasteiger partial charge >= 0.3 is 0 Å². The molecule has 9 nitrogen and oxygen atoms in total. The lowest BCUT2D eigenvalue weighted by Crippen LogP contribution is -2.52. The number of nitrogens with one attached hydrogen (secondary N) is 1. The van der Waals surface area contributed by atoms with Crippen LogP contribution in [0.15, 0.2) is 48.7 Å². The first-order valence-electron chi connectivity index (χ1n) is 20.2. The normalized spacial score (nSPS) is 20.5. The number of halogens is 2. The van der Waals surface area contributed by atoms with Crippen molar-refractivity contribution in [2.75, 3.05) is 76.3 Å². The van der Waals surface area contributed by atoms with Gasteiger partial charge in [-0.2, -0.15) is 5.26 Å². The molecule has 0 aliphatic carbocycles. The van der Waals surface area contributed by atoms with E-state index in [9.17, 15) is 5.26 Å². The molecule has 0 bridgehead atoms. The number of nitrogens with zero attached hydrogens (tertiary/aromatic N) is 6. The van der Waals surface area contributed by atoms with Gasteiger partial charge in [-0.25, -0.2) is 9.97 Å². The number of hydrogen-bond donors (Lipinski definition) is 1. The van der Waals surface area contributed by atoms with Gasteiger partial charge in [-0.05, 0) is 143 Å². The summed E-state index contributed by atoms with van der Waals surface area (Å²) in [4.78, 5) is 17.6. The maximum atomic E-state index is 9.77. The molecule has 1 spiro atoms. The van der Waals surface area contributed by atoms with Crippen molar-refractivity contribution in [3.05, 3.63) is 76.1 Å². The first-order valence-corrected chi connectivity index (χ1v) is 21.1. The molecule has 1 aromatic heterocycles. The number of aromatic nitrogens is 2. The molecule has 0 unspecified atom stereocenters. The van der Waals surface area contributed by atoms with E-state index in [4.69, 9.17) is 37.7 Å². The summed E-state index contributed by atoms with van der Waals surface area (Å²) in [5.41, 5.74) is 3.33. The van der Waals surface area contributed by atoms with Gasteiger partial charge < -0.3 is 29.5 Å². The van der Waals surface area contributed by atoms with E-state index < -0.39 is 5.41 Å². The Labute approximate surface area is 332 Å². The van der Waals surface area contributed by atoms with E-state index in [1.807, 2.05) is 36.5 Å². The molecule has 3 aromatic rings. The highest BCUT2D eigenvalue weighted by atomic mass is 35.5. The van der Waals surface area contributed by atoms with Crippen LogP contribution in [0.4, 0.5) is 5.95 Å². The van der Waals surface area contributed by atoms with E-state index in [2.05, 4.69) is 57.0 Å². The number of anilines is 1. The number of nitriles is 1. The van der Waals surface area contributed by atoms with E-state index >= 15 is 0 Å². The van der Waals surface area contributed by atoms with Crippen LogP contribution in [0.1, 0.15) is 87.6 Å². The van der Waals surface area contributed by atoms with Crippen LogP contribution in [0, 0.1) is 22.7 Å². The number of ether oxygens (including phenoxy) is 2. The third kappa shape index (κ3) is 9.28. The number of benzene rings is 2. The number of likely N-dealkylation sites (tertiary alicyclic amines) is 2. The maximum absolute atomic E-state index is 9.77. The average Bonchev–Trinajstić information content (AvgIpc) is 3.21. The second-order valence-corrected chi connectivity index (χ2v) is 17.3. The smallest absolute Gasteiger partial charge is 0.225 e. The Morgan fingerprint density at radius 2 is 1.61 bits per heavy atom. The monoisotopic (exact) mass is 773 g/mol. The predicted octanol–water partition coefficient (Wildman–Crippen LogP) is 7.67. The van der Waals surface area contributed by atoms with Crippen LogP contribution >= 0.6 is 23.2 Å². The van der Waals surface area contributed by atoms with Crippen LogP contribution in [0.2, 0.25) is 5.02 Å². The van der Waals surface area contributed by atoms with Gasteiger partial charge in [-0.1, -0.05) is 37.6 Å². The molecule has 0 atom stereocenters. The Balaban J connectivity index is 0.870. The highest BCUT2D eigenvalue weighted by Gasteiger charge is 2.40. The summed E-state index contributed by atoms with van der Waals surface area (Å²) in [5, 5.41) is 13.7. The second-order valence-electron chi connectivity index (χ2n) is 16.5. The summed E-state index contributed by atoms with van der Waals surface area (Å²) < 4.78 is 11.8. The molecule has 7 rings (SSSR count). The van der Waals surface area contributed by atoms with Crippen molar-refractivity contribution in [3.63, 3.8) is 0 Å². The largest absolute Gasteiger partial charge is 0.489 e. The lowest BCUT2D eigenvalue weighted by molar-refractivity contribution is 0.0284. The zero-order valence-electron chi connectivity index (χ0n) is 32.2. The molecule has 1 N–H and O–H groups in total. The Morgan fingerprint density at radius 3 is 2.30 bits per heavy atom. The first-order chi connectivity index (χ1) is 26.2. The third-order valence-corrected chi connectivity index (χ3v) is 13.3. The first kappa shape index (κ1) is 39.1. The van der Waals surface area contributed by atoms with Crippen molar-refractivity contribution in [2.24, 2.45) is 11.3 Å². The van der Waals surface area contributed by atoms with Crippen molar-refractivity contribution in [1.29, 1.82) is 5.26 Å². The summed E-state index contributed by atoms with van der Waals surface area (Å²) in [5.74, 6) is 3.17. The summed E-state index contributed by atoms with van der Waals surface area (Å²) in [6.07, 6.45) is 12.3. The van der Waals surface area contributed by atoms with E-state index in [0.717, 1.165) is 53.6 Å². The van der Waals surface area contributed by atoms with Gasteiger partial charge in [-0.15, -0.1) is 11.6 Å². The number of piperidine rings is 4. The Kier molecular flexibility index (Phi) is 12.9. The van der Waals surface area contributed by atoms with Crippen LogP contribution < -0.4 is 19.7 Å². The highest BCUT2D eigenvalue weighted by Crippen LogP contribution is 2.43. The fourth-order valence-corrected chi connectivity index (χ4v) is 9.53. The summed E-state index contributed by atoms with van der Waals surface area (Å²) in [6, 6.07) is 16.7. The van der Waals surface area contributed by atoms with Crippen LogP contribution in [0.5, 0.6) is 11.5 Å². The highest BCUT2D eigenvalue weighted by molar-refractivity contribution is 6.32. The fourth-order valence-electron chi connectivity index (χ4n) is 9.17. The van der Waals surface area contributed by atoms with Gasteiger partial charge in [0.1, 0.15) is 25.0 Å². The average molecular weight is 775 g/mol. The third-order valence-electron chi connectivity index (χ3n) is 12.9. The molecule has 0 radical (unpaired) electrons. The molecular weight excluding hydrogens is 717 g/mol. The van der Waals surface area contributed by atoms with Crippen molar-refractivity contribution in [1.82, 2.24) is 25.1 Å². The Bertz CT molecular complexity index is 1720. The van der Waals surface area contributed by atoms with Gasteiger partial charge in [-0.3, -0.25) is 0 Å². The SMILES string of the molecule is CC(C)(c1ccc(OCc2ccnc(N3CCC4(CC3)CCN(C3CCN(CC5CCNCC5)CC3)CC4)n2)cc1)c1cc(Cl)c(OCCCl)c(C#N)c1. The van der Waals surface area contributed by atoms with Gasteiger partial charge in [0.15, 0.2) is 5.75 Å². The topological polar surface area (TPSA) is 89.8 Å². The Morgan fingerprint density at radius 1 is 0.907 bits per heavy atom. The zero-order valence-corrected chi connectivity index (χ0v) is 33.7. The minimum absolute atomic E-state index is 0.285. The quantitative estimate of drug-likeness (QED) is 0.186. The van der Waals surface area contributed by atoms with Crippen LogP contribution in [-0.4, -0.2) is 97.2 Å². The molecule has 0 saturated carbocycles. The van der Waals surface area contributed by atoms with Crippen molar-refractivity contribution >= 4 is 29.2 Å². The van der Waals surface area contributed by atoms with E-state index in [1.165, 1.54) is 97.2 Å². The summed E-state index contributed by atoms with van der Waals surface area (Å²) in [7, 11) is 0. The molecule has 11 heteroatoms. The maximum Gasteiger partial charge on any atom is 0.225 e. The minimum atomic E-state index is -0.408. The number of rotatable bonds is 12. The molecule has 4 fully saturated rings. The minimum Gasteiger partial charge on any atom is -0.489 e. The number of hydrogen-bond acceptors (Lipinski definition) is 9. The fraction of sp³-hybridized carbons (Fsp3) is 0.605. The zero-order chi connectivity index (χ0) is 37.5. The molecule has 4 aliphatic heterocycles. The van der Waals surface area contributed by atoms with Crippen molar-refractivity contribution in [3.8, 4) is 17.6 Å².